The van der Waals surface area contributed by atoms with E-state index in [1.54, 1.807) is 19.9 Å². The van der Waals surface area contributed by atoms with Gasteiger partial charge in [0.15, 0.2) is 0 Å². The molecule has 0 spiro atoms. The van der Waals surface area contributed by atoms with Crippen LogP contribution in [0.25, 0.3) is 0 Å². The number of esters is 2. The molecule has 11 nitrogen and oxygen atoms in total. The second-order valence-electron chi connectivity index (χ2n) is 10.1. The highest BCUT2D eigenvalue weighted by Crippen LogP contribution is 2.62. The molecule has 22 heteroatoms. The van der Waals surface area contributed by atoms with Gasteiger partial charge in [0.25, 0.3) is 0 Å². The highest BCUT2D eigenvalue weighted by atomic mass is 35.5. The molecule has 292 valence electrons. The van der Waals surface area contributed by atoms with Crippen LogP contribution in [0.1, 0.15) is 65.4 Å². The Morgan fingerprint density at radius 1 is 0.800 bits per heavy atom. The van der Waals surface area contributed by atoms with Crippen LogP contribution in [-0.2, 0) is 60.8 Å². The molecule has 1 aliphatic rings. The number of alkyl halides is 6. The highest BCUT2D eigenvalue weighted by Gasteiger charge is 2.47. The van der Waals surface area contributed by atoms with E-state index in [-0.39, 0.29) is 25.6 Å². The first-order valence-electron chi connectivity index (χ1n) is 15.3. The maximum atomic E-state index is 11.8. The lowest BCUT2D eigenvalue weighted by Gasteiger charge is -2.37. The van der Waals surface area contributed by atoms with Crippen molar-refractivity contribution in [1.29, 1.82) is 0 Å². The fourth-order valence-corrected chi connectivity index (χ4v) is 11.7. The number of carbonyl (C=O) groups excluding carboxylic acids is 2. The van der Waals surface area contributed by atoms with Gasteiger partial charge in [-0.15, -0.1) is 69.6 Å². The first-order valence-corrected chi connectivity index (χ1v) is 24.6. The third kappa shape index (κ3) is 18.1. The summed E-state index contributed by atoms with van der Waals surface area (Å²) in [5.41, 5.74) is -1.81. The van der Waals surface area contributed by atoms with Gasteiger partial charge < -0.3 is 23.0 Å². The van der Waals surface area contributed by atoms with Crippen LogP contribution < -0.4 is 4.52 Å². The summed E-state index contributed by atoms with van der Waals surface area (Å²) >= 11 is 46.8. The van der Waals surface area contributed by atoms with Crippen molar-refractivity contribution in [3.05, 3.63) is 17.6 Å². The molecule has 1 aromatic rings. The molecule has 2 rings (SSSR count). The molecule has 0 saturated heterocycles. The summed E-state index contributed by atoms with van der Waals surface area (Å²) in [4.78, 5) is 32.0. The molecule has 1 aliphatic carbocycles. The average molecular weight is 926 g/mol. The largest absolute Gasteiger partial charge is 0.466 e. The van der Waals surface area contributed by atoms with E-state index in [4.69, 9.17) is 125 Å². The summed E-state index contributed by atoms with van der Waals surface area (Å²) in [5, 5.41) is -3.41. The predicted molar refractivity (Wildman–Crippen MR) is 214 cm³/mol. The van der Waals surface area contributed by atoms with Crippen LogP contribution >= 0.6 is 93.4 Å². The second-order valence-corrected chi connectivity index (χ2v) is 22.6. The van der Waals surface area contributed by atoms with E-state index in [1.807, 2.05) is 34.6 Å². The third-order valence-corrected chi connectivity index (χ3v) is 18.2. The molecule has 0 radical (unpaired) electrons. The van der Waals surface area contributed by atoms with E-state index in [1.165, 1.54) is 14.2 Å². The summed E-state index contributed by atoms with van der Waals surface area (Å²) < 4.78 is 36.5. The minimum atomic E-state index is -2.77. The molecule has 0 amide bonds. The maximum absolute atomic E-state index is 11.8. The van der Waals surface area contributed by atoms with Crippen molar-refractivity contribution >= 4 is 129 Å². The monoisotopic (exact) mass is 922 g/mol. The molecule has 1 saturated carbocycles. The summed E-state index contributed by atoms with van der Waals surface area (Å²) in [6.07, 6.45) is -0.123. The van der Waals surface area contributed by atoms with Crippen LogP contribution in [0.4, 0.5) is 0 Å². The molecule has 1 fully saturated rings. The number of carbonyl (C=O) groups is 2. The summed E-state index contributed by atoms with van der Waals surface area (Å²) in [6.45, 7) is 11.6. The van der Waals surface area contributed by atoms with Gasteiger partial charge in [0.2, 0.25) is 11.6 Å². The van der Waals surface area contributed by atoms with E-state index in [0.29, 0.717) is 19.1 Å². The van der Waals surface area contributed by atoms with Gasteiger partial charge in [-0.05, 0) is 46.4 Å². The van der Waals surface area contributed by atoms with Crippen LogP contribution in [0.15, 0.2) is 6.07 Å². The second kappa shape index (κ2) is 26.0. The molecule has 0 N–H and O–H groups in total. The number of halogens is 6. The third-order valence-electron chi connectivity index (χ3n) is 5.88. The zero-order chi connectivity index (χ0) is 38.8. The molecule has 1 aromatic heterocycles. The summed E-state index contributed by atoms with van der Waals surface area (Å²) in [5.74, 6) is 0.357. The van der Waals surface area contributed by atoms with Gasteiger partial charge >= 0.3 is 18.7 Å². The highest BCUT2D eigenvalue weighted by molar-refractivity contribution is 8.68. The minimum absolute atomic E-state index is 0.123. The Bertz CT molecular complexity index is 1210. The van der Waals surface area contributed by atoms with Gasteiger partial charge in [-0.1, -0.05) is 25.2 Å². The van der Waals surface area contributed by atoms with Crippen molar-refractivity contribution in [2.24, 2.45) is 0 Å². The molecule has 0 aromatic carbocycles. The van der Waals surface area contributed by atoms with Crippen LogP contribution in [-0.4, -0.2) is 100 Å². The Kier molecular flexibility index (Phi) is 26.5. The van der Waals surface area contributed by atoms with Crippen molar-refractivity contribution in [1.82, 2.24) is 9.97 Å². The molecular formula is C28H46Cl6N2O9P2S3. The van der Waals surface area contributed by atoms with E-state index < -0.39 is 61.9 Å². The summed E-state index contributed by atoms with van der Waals surface area (Å²) in [7, 11) is 2.81. The number of aryl methyl sites for hydroxylation is 1. The molecule has 50 heavy (non-hydrogen) atoms. The topological polar surface area (TPSA) is 125 Å². The quantitative estimate of drug-likeness (QED) is 0.0889. The predicted octanol–water partition coefficient (Wildman–Crippen LogP) is 9.35. The number of aromatic nitrogens is 2. The van der Waals surface area contributed by atoms with Crippen molar-refractivity contribution in [3.8, 4) is 5.88 Å². The number of nitrogens with zero attached hydrogens (tertiary/aromatic N) is 2. The smallest absolute Gasteiger partial charge is 0.381 e. The van der Waals surface area contributed by atoms with Gasteiger partial charge in [0.05, 0.1) is 65.1 Å². The molecule has 0 aliphatic heterocycles. The van der Waals surface area contributed by atoms with Crippen molar-refractivity contribution in [2.75, 3.05) is 40.6 Å². The average Bonchev–Trinajstić information content (AvgIpc) is 3.05. The lowest BCUT2D eigenvalue weighted by Crippen LogP contribution is -2.52. The number of hydrogen-bond acceptors (Lipinski definition) is 14. The van der Waals surface area contributed by atoms with Crippen molar-refractivity contribution < 1.29 is 41.7 Å². The zero-order valence-electron chi connectivity index (χ0n) is 29.2. The van der Waals surface area contributed by atoms with Crippen molar-refractivity contribution in [2.45, 2.75) is 98.3 Å². The number of ether oxygens (including phenoxy) is 2. The molecule has 0 bridgehead atoms. The first kappa shape index (κ1) is 51.0. The van der Waals surface area contributed by atoms with E-state index in [2.05, 4.69) is 9.97 Å². The van der Waals surface area contributed by atoms with E-state index in [0.717, 1.165) is 22.9 Å². The fourth-order valence-electron chi connectivity index (χ4n) is 3.53. The molecule has 1 heterocycles. The zero-order valence-corrected chi connectivity index (χ0v) is 38.0. The SMILES string of the molecule is CCOC(=O)CC(SP(=S)(OC)OC)C(=O)OCC.CCOP(=S)(OCC)Oc1cc(C)nc(C(C)C)n1.ClC1C(Cl)C(Cl)C(Cl)C(Cl)C1Cl. The Hall–Kier alpha value is 1.05. The van der Waals surface area contributed by atoms with Crippen LogP contribution in [0, 0.1) is 6.92 Å². The van der Waals surface area contributed by atoms with Gasteiger partial charge in [0, 0.05) is 43.7 Å². The number of rotatable bonds is 16. The van der Waals surface area contributed by atoms with Gasteiger partial charge in [-0.2, -0.15) is 4.98 Å². The molecule has 1 atom stereocenters. The van der Waals surface area contributed by atoms with Crippen LogP contribution in [0.3, 0.4) is 0 Å². The number of hydrogen-bond donors (Lipinski definition) is 0. The lowest BCUT2D eigenvalue weighted by molar-refractivity contribution is -0.149. The van der Waals surface area contributed by atoms with Crippen molar-refractivity contribution in [3.63, 3.8) is 0 Å². The van der Waals surface area contributed by atoms with Gasteiger partial charge in [0.1, 0.15) is 11.1 Å². The van der Waals surface area contributed by atoms with E-state index in [9.17, 15) is 9.59 Å². The first-order chi connectivity index (χ1) is 23.3. The van der Waals surface area contributed by atoms with Crippen LogP contribution in [0.2, 0.25) is 0 Å². The molecule has 1 unspecified atom stereocenters. The maximum Gasteiger partial charge on any atom is 0.381 e. The summed E-state index contributed by atoms with van der Waals surface area (Å²) in [6, 6.07) is 1.74. The standard InChI is InChI=1S/C12H21N2O3PS.C10H19O6PS2.C6H6Cl6/c1-6-15-18(19,16-7-2)17-11-8-10(5)13-12(14-11)9(3)4;1-5-15-9(11)7-8(10(12)16-6-2)19-17(18,13-3)14-4;7-1-2(8)4(10)6(12)5(11)3(1)9/h8-9H,6-7H2,1-5H3;8H,5-7H2,1-4H3;1-6H. The molecular weight excluding hydrogens is 879 g/mol. The normalized spacial score (nSPS) is 22.7. The Morgan fingerprint density at radius 3 is 1.60 bits per heavy atom. The Labute approximate surface area is 340 Å². The fraction of sp³-hybridized carbons (Fsp3) is 0.786. The van der Waals surface area contributed by atoms with Gasteiger partial charge in [-0.25, -0.2) is 4.98 Å². The van der Waals surface area contributed by atoms with Crippen LogP contribution in [0.5, 0.6) is 5.88 Å². The minimum Gasteiger partial charge on any atom is -0.466 e. The Balaban J connectivity index is 0.000000740. The Morgan fingerprint density at radius 2 is 1.24 bits per heavy atom. The van der Waals surface area contributed by atoms with E-state index >= 15 is 0 Å². The lowest BCUT2D eigenvalue weighted by atomic mass is 9.97. The van der Waals surface area contributed by atoms with Gasteiger partial charge in [-0.3, -0.25) is 18.6 Å².